The van der Waals surface area contributed by atoms with Crippen molar-refractivity contribution in [1.29, 1.82) is 0 Å². The van der Waals surface area contributed by atoms with Crippen LogP contribution in [0, 0.1) is 12.7 Å². The molecule has 0 spiro atoms. The van der Waals surface area contributed by atoms with Gasteiger partial charge in [-0.1, -0.05) is 13.5 Å². The molecule has 0 fully saturated rings. The Bertz CT molecular complexity index is 1190. The van der Waals surface area contributed by atoms with Crippen molar-refractivity contribution in [3.05, 3.63) is 53.9 Å². The number of aromatic nitrogens is 5. The number of halogens is 1. The van der Waals surface area contributed by atoms with Crippen LogP contribution in [0.1, 0.15) is 23.9 Å². The van der Waals surface area contributed by atoms with Gasteiger partial charge in [0.05, 0.1) is 17.9 Å². The fourth-order valence-electron chi connectivity index (χ4n) is 3.43. The van der Waals surface area contributed by atoms with Gasteiger partial charge in [-0.3, -0.25) is 14.3 Å². The van der Waals surface area contributed by atoms with Crippen LogP contribution >= 0.6 is 0 Å². The molecule has 7 heteroatoms. The molecule has 4 rings (SSSR count). The molecule has 28 heavy (non-hydrogen) atoms. The van der Waals surface area contributed by atoms with Crippen LogP contribution in [0.2, 0.25) is 0 Å². The van der Waals surface area contributed by atoms with Crippen LogP contribution in [0.25, 0.3) is 27.9 Å². The first kappa shape index (κ1) is 18.2. The third-order valence-electron chi connectivity index (χ3n) is 4.78. The Balaban J connectivity index is 1.57. The SMILES string of the molecule is C=Cc1cc2cn(CCOc3c(CC)cc4cn(C)nc4c3F)nc2c(C)n1. The molecule has 0 bridgehead atoms. The summed E-state index contributed by atoms with van der Waals surface area (Å²) < 4.78 is 24.2. The fraction of sp³-hybridized carbons (Fsp3) is 0.286. The average Bonchev–Trinajstić information content (AvgIpc) is 3.26. The molecule has 0 radical (unpaired) electrons. The summed E-state index contributed by atoms with van der Waals surface area (Å²) >= 11 is 0. The molecule has 3 heterocycles. The van der Waals surface area contributed by atoms with Crippen LogP contribution in [0.4, 0.5) is 4.39 Å². The standard InChI is InChI=1S/C21H22FN5O/c1-5-14-9-15-11-26(4)24-20(15)18(22)21(14)28-8-7-27-12-16-10-17(6-2)23-13(3)19(16)25-27/h6,9-12H,2,5,7-8H2,1,3-4H3. The molecule has 4 aromatic rings. The predicted molar refractivity (Wildman–Crippen MR) is 108 cm³/mol. The van der Waals surface area contributed by atoms with Crippen molar-refractivity contribution < 1.29 is 9.13 Å². The smallest absolute Gasteiger partial charge is 0.193 e. The summed E-state index contributed by atoms with van der Waals surface area (Å²) in [4.78, 5) is 4.44. The van der Waals surface area contributed by atoms with Crippen LogP contribution in [0.3, 0.4) is 0 Å². The molecular weight excluding hydrogens is 357 g/mol. The van der Waals surface area contributed by atoms with Crippen molar-refractivity contribution in [2.45, 2.75) is 26.8 Å². The summed E-state index contributed by atoms with van der Waals surface area (Å²) in [5.74, 6) is -0.131. The maximum Gasteiger partial charge on any atom is 0.193 e. The number of hydrogen-bond donors (Lipinski definition) is 0. The highest BCUT2D eigenvalue weighted by atomic mass is 19.1. The van der Waals surface area contributed by atoms with E-state index in [0.717, 1.165) is 33.2 Å². The van der Waals surface area contributed by atoms with E-state index in [1.165, 1.54) is 0 Å². The van der Waals surface area contributed by atoms with Gasteiger partial charge in [0.25, 0.3) is 0 Å². The lowest BCUT2D eigenvalue weighted by molar-refractivity contribution is 0.277. The number of hydrogen-bond acceptors (Lipinski definition) is 4. The van der Waals surface area contributed by atoms with Gasteiger partial charge in [0.2, 0.25) is 0 Å². The Morgan fingerprint density at radius 1 is 1.18 bits per heavy atom. The molecule has 0 N–H and O–H groups in total. The highest BCUT2D eigenvalue weighted by Crippen LogP contribution is 2.30. The number of nitrogens with zero attached hydrogens (tertiary/aromatic N) is 5. The molecule has 0 aliphatic carbocycles. The Labute approximate surface area is 162 Å². The minimum atomic E-state index is -0.406. The molecule has 0 amide bonds. The van der Waals surface area contributed by atoms with Gasteiger partial charge in [0, 0.05) is 30.2 Å². The van der Waals surface area contributed by atoms with Crippen LogP contribution in [0.5, 0.6) is 5.75 Å². The minimum absolute atomic E-state index is 0.275. The lowest BCUT2D eigenvalue weighted by atomic mass is 10.1. The number of rotatable bonds is 6. The zero-order valence-electron chi connectivity index (χ0n) is 16.2. The first-order chi connectivity index (χ1) is 13.5. The average molecular weight is 379 g/mol. The second-order valence-electron chi connectivity index (χ2n) is 6.79. The van der Waals surface area contributed by atoms with Gasteiger partial charge in [0.15, 0.2) is 11.6 Å². The molecule has 0 aliphatic rings. The van der Waals surface area contributed by atoms with Gasteiger partial charge in [-0.2, -0.15) is 10.2 Å². The summed E-state index contributed by atoms with van der Waals surface area (Å²) in [5.41, 5.74) is 3.68. The van der Waals surface area contributed by atoms with Crippen LogP contribution in [-0.2, 0) is 20.0 Å². The topological polar surface area (TPSA) is 57.8 Å². The van der Waals surface area contributed by atoms with E-state index in [0.29, 0.717) is 25.1 Å². The fourth-order valence-corrected chi connectivity index (χ4v) is 3.43. The lowest BCUT2D eigenvalue weighted by Crippen LogP contribution is -2.10. The van der Waals surface area contributed by atoms with E-state index < -0.39 is 5.82 Å². The maximum absolute atomic E-state index is 14.9. The Morgan fingerprint density at radius 2 is 1.96 bits per heavy atom. The predicted octanol–water partition coefficient (Wildman–Crippen LogP) is 4.05. The largest absolute Gasteiger partial charge is 0.488 e. The van der Waals surface area contributed by atoms with E-state index in [1.807, 2.05) is 38.4 Å². The first-order valence-corrected chi connectivity index (χ1v) is 9.25. The highest BCUT2D eigenvalue weighted by Gasteiger charge is 2.17. The quantitative estimate of drug-likeness (QED) is 0.507. The zero-order valence-corrected chi connectivity index (χ0v) is 16.2. The third-order valence-corrected chi connectivity index (χ3v) is 4.78. The van der Waals surface area contributed by atoms with Crippen LogP contribution in [-0.4, -0.2) is 31.2 Å². The third kappa shape index (κ3) is 3.13. The molecule has 6 nitrogen and oxygen atoms in total. The molecular formula is C21H22FN5O. The lowest BCUT2D eigenvalue weighted by Gasteiger charge is -2.12. The van der Waals surface area contributed by atoms with Gasteiger partial charge in [-0.25, -0.2) is 4.39 Å². The van der Waals surface area contributed by atoms with Gasteiger partial charge < -0.3 is 4.74 Å². The van der Waals surface area contributed by atoms with E-state index in [-0.39, 0.29) is 5.75 Å². The first-order valence-electron chi connectivity index (χ1n) is 9.25. The molecule has 0 saturated carbocycles. The summed E-state index contributed by atoms with van der Waals surface area (Å²) in [6, 6.07) is 3.89. The van der Waals surface area contributed by atoms with E-state index in [2.05, 4.69) is 21.8 Å². The monoisotopic (exact) mass is 379 g/mol. The van der Waals surface area contributed by atoms with Crippen LogP contribution < -0.4 is 4.74 Å². The molecule has 144 valence electrons. The van der Waals surface area contributed by atoms with E-state index in [9.17, 15) is 4.39 Å². The molecule has 0 saturated heterocycles. The van der Waals surface area contributed by atoms with Crippen molar-refractivity contribution in [2.24, 2.45) is 7.05 Å². The molecule has 0 aliphatic heterocycles. The summed E-state index contributed by atoms with van der Waals surface area (Å²) in [5, 5.41) is 10.5. The molecule has 0 unspecified atom stereocenters. The Morgan fingerprint density at radius 3 is 2.71 bits per heavy atom. The van der Waals surface area contributed by atoms with Gasteiger partial charge in [-0.05, 0) is 37.1 Å². The van der Waals surface area contributed by atoms with E-state index in [4.69, 9.17) is 4.74 Å². The normalized spacial score (nSPS) is 11.4. The van der Waals surface area contributed by atoms with Gasteiger partial charge >= 0.3 is 0 Å². The van der Waals surface area contributed by atoms with Crippen molar-refractivity contribution in [1.82, 2.24) is 24.5 Å². The van der Waals surface area contributed by atoms with Gasteiger partial charge in [-0.15, -0.1) is 0 Å². The van der Waals surface area contributed by atoms with Crippen molar-refractivity contribution >= 4 is 27.9 Å². The van der Waals surface area contributed by atoms with E-state index >= 15 is 0 Å². The van der Waals surface area contributed by atoms with Crippen molar-refractivity contribution in [3.8, 4) is 5.75 Å². The van der Waals surface area contributed by atoms with Crippen LogP contribution in [0.15, 0.2) is 31.1 Å². The highest BCUT2D eigenvalue weighted by molar-refractivity contribution is 5.82. The molecule has 1 aromatic carbocycles. The second kappa shape index (κ2) is 7.07. The number of fused-ring (bicyclic) bond motifs is 2. The summed E-state index contributed by atoms with van der Waals surface area (Å²) in [7, 11) is 1.78. The van der Waals surface area contributed by atoms with Crippen molar-refractivity contribution in [3.63, 3.8) is 0 Å². The second-order valence-corrected chi connectivity index (χ2v) is 6.79. The minimum Gasteiger partial charge on any atom is -0.488 e. The number of ether oxygens (including phenoxy) is 1. The number of benzene rings is 1. The number of pyridine rings is 1. The van der Waals surface area contributed by atoms with Gasteiger partial charge in [0.1, 0.15) is 17.6 Å². The Kier molecular flexibility index (Phi) is 4.58. The van der Waals surface area contributed by atoms with E-state index in [1.54, 1.807) is 22.5 Å². The molecule has 0 atom stereocenters. The molecule has 3 aromatic heterocycles. The zero-order chi connectivity index (χ0) is 19.8. The summed E-state index contributed by atoms with van der Waals surface area (Å²) in [6.07, 6.45) is 6.15. The Hall–Kier alpha value is -3.22. The summed E-state index contributed by atoms with van der Waals surface area (Å²) in [6.45, 7) is 8.48. The number of aryl methyl sites for hydroxylation is 3. The maximum atomic E-state index is 14.9. The van der Waals surface area contributed by atoms with Crippen molar-refractivity contribution in [2.75, 3.05) is 6.61 Å².